The number of hydrogen-bond donors (Lipinski definition) is 3. The van der Waals surface area contributed by atoms with Crippen LogP contribution < -0.4 is 15.5 Å². The zero-order valence-corrected chi connectivity index (χ0v) is 16.5. The smallest absolute Gasteiger partial charge is 0.282 e. The monoisotopic (exact) mass is 414 g/mol. The number of carbonyl (C=O) groups is 2. The van der Waals surface area contributed by atoms with Crippen molar-refractivity contribution in [2.45, 2.75) is 13.0 Å². The number of amides is 2. The van der Waals surface area contributed by atoms with Crippen LogP contribution in [-0.2, 0) is 9.59 Å². The number of quaternary nitrogens is 1. The summed E-state index contributed by atoms with van der Waals surface area (Å²) in [7, 11) is 1.77. The Morgan fingerprint density at radius 3 is 2.08 bits per heavy atom. The van der Waals surface area contributed by atoms with Crippen molar-refractivity contribution < 1.29 is 14.5 Å². The van der Waals surface area contributed by atoms with Gasteiger partial charge in [0.05, 0.1) is 7.05 Å². The Bertz CT molecular complexity index is 777. The van der Waals surface area contributed by atoms with Crippen LogP contribution in [0.4, 0.5) is 11.4 Å². The topological polar surface area (TPSA) is 62.6 Å². The number of nitrogens with one attached hydrogen (secondary N) is 3. The van der Waals surface area contributed by atoms with E-state index in [1.165, 1.54) is 0 Å². The minimum absolute atomic E-state index is 0.132. The number of halogens is 3. The Morgan fingerprint density at radius 1 is 0.923 bits per heavy atom. The summed E-state index contributed by atoms with van der Waals surface area (Å²) in [5.74, 6) is -0.435. The second kappa shape index (κ2) is 9.24. The van der Waals surface area contributed by atoms with Crippen LogP contribution in [0.2, 0.25) is 15.1 Å². The Balaban J connectivity index is 1.90. The molecule has 0 aliphatic rings. The summed E-state index contributed by atoms with van der Waals surface area (Å²) in [6.45, 7) is 1.87. The molecule has 0 aromatic heterocycles. The molecular weight excluding hydrogens is 397 g/mol. The van der Waals surface area contributed by atoms with Crippen molar-refractivity contribution in [3.8, 4) is 0 Å². The number of carbonyl (C=O) groups excluding carboxylic acids is 2. The van der Waals surface area contributed by atoms with E-state index in [1.54, 1.807) is 56.4 Å². The summed E-state index contributed by atoms with van der Waals surface area (Å²) >= 11 is 17.7. The average Bonchev–Trinajstić information content (AvgIpc) is 2.55. The van der Waals surface area contributed by atoms with Crippen molar-refractivity contribution in [3.63, 3.8) is 0 Å². The molecule has 0 aliphatic heterocycles. The third-order valence-electron chi connectivity index (χ3n) is 3.83. The Hall–Kier alpha value is -1.79. The highest BCUT2D eigenvalue weighted by molar-refractivity contribution is 6.35. The Labute approximate surface area is 167 Å². The molecule has 2 amide bonds. The van der Waals surface area contributed by atoms with Gasteiger partial charge in [-0.1, -0.05) is 34.8 Å². The lowest BCUT2D eigenvalue weighted by atomic mass is 10.2. The fourth-order valence-corrected chi connectivity index (χ4v) is 2.90. The molecule has 26 heavy (non-hydrogen) atoms. The number of rotatable bonds is 6. The number of anilines is 2. The van der Waals surface area contributed by atoms with Gasteiger partial charge in [0.2, 0.25) is 0 Å². The number of benzene rings is 2. The fourth-order valence-electron chi connectivity index (χ4n) is 2.25. The maximum absolute atomic E-state index is 12.4. The first-order valence-corrected chi connectivity index (χ1v) is 9.02. The van der Waals surface area contributed by atoms with Crippen LogP contribution in [0.25, 0.3) is 0 Å². The van der Waals surface area contributed by atoms with Gasteiger partial charge in [0, 0.05) is 26.4 Å². The first-order valence-electron chi connectivity index (χ1n) is 7.89. The van der Waals surface area contributed by atoms with Crippen LogP contribution >= 0.6 is 34.8 Å². The van der Waals surface area contributed by atoms with Gasteiger partial charge in [-0.15, -0.1) is 0 Å². The van der Waals surface area contributed by atoms with E-state index >= 15 is 0 Å². The van der Waals surface area contributed by atoms with E-state index in [2.05, 4.69) is 10.6 Å². The lowest BCUT2D eigenvalue weighted by molar-refractivity contribution is -0.885. The van der Waals surface area contributed by atoms with Gasteiger partial charge in [-0.2, -0.15) is 0 Å². The Kier molecular flexibility index (Phi) is 7.29. The third kappa shape index (κ3) is 6.18. The maximum Gasteiger partial charge on any atom is 0.282 e. The standard InChI is InChI=1S/C18H18Cl3N3O2/c1-11(18(26)23-16-8-13(20)7-14(21)9-16)24(2)10-17(25)22-15-5-3-12(19)4-6-15/h3-9,11H,10H2,1-2H3,(H,22,25)(H,23,26)/p+1/t11-/m0/s1. The SMILES string of the molecule is C[C@@H](C(=O)Nc1cc(Cl)cc(Cl)c1)[NH+](C)CC(=O)Nc1ccc(Cl)cc1. The minimum Gasteiger partial charge on any atom is -0.321 e. The van der Waals surface area contributed by atoms with Crippen molar-refractivity contribution in [2.75, 3.05) is 24.2 Å². The summed E-state index contributed by atoms with van der Waals surface area (Å²) in [6.07, 6.45) is 0. The van der Waals surface area contributed by atoms with E-state index in [9.17, 15) is 9.59 Å². The fraction of sp³-hybridized carbons (Fsp3) is 0.222. The molecule has 0 radical (unpaired) electrons. The lowest BCUT2D eigenvalue weighted by Gasteiger charge is -2.20. The molecule has 0 spiro atoms. The Morgan fingerprint density at radius 2 is 1.50 bits per heavy atom. The molecule has 0 aliphatic carbocycles. The van der Waals surface area contributed by atoms with Crippen LogP contribution in [0.5, 0.6) is 0 Å². The van der Waals surface area contributed by atoms with E-state index in [4.69, 9.17) is 34.8 Å². The van der Waals surface area contributed by atoms with E-state index in [0.717, 1.165) is 4.90 Å². The van der Waals surface area contributed by atoms with Crippen molar-refractivity contribution in [1.29, 1.82) is 0 Å². The molecule has 2 aromatic carbocycles. The largest absolute Gasteiger partial charge is 0.321 e. The lowest BCUT2D eigenvalue weighted by Crippen LogP contribution is -3.14. The highest BCUT2D eigenvalue weighted by atomic mass is 35.5. The highest BCUT2D eigenvalue weighted by Gasteiger charge is 2.24. The number of likely N-dealkylation sites (N-methyl/N-ethyl adjacent to an activating group) is 1. The normalized spacial score (nSPS) is 13.0. The molecule has 2 atom stereocenters. The van der Waals surface area contributed by atoms with E-state index in [1.807, 2.05) is 0 Å². The summed E-state index contributed by atoms with van der Waals surface area (Å²) in [6, 6.07) is 11.2. The van der Waals surface area contributed by atoms with E-state index < -0.39 is 6.04 Å². The van der Waals surface area contributed by atoms with Gasteiger partial charge >= 0.3 is 0 Å². The van der Waals surface area contributed by atoms with Crippen molar-refractivity contribution in [1.82, 2.24) is 0 Å². The van der Waals surface area contributed by atoms with Gasteiger partial charge in [-0.3, -0.25) is 9.59 Å². The van der Waals surface area contributed by atoms with Crippen LogP contribution in [-0.4, -0.2) is 31.4 Å². The molecule has 0 saturated carbocycles. The van der Waals surface area contributed by atoms with Gasteiger partial charge < -0.3 is 15.5 Å². The predicted octanol–water partition coefficient (Wildman–Crippen LogP) is 3.13. The second-order valence-corrected chi connectivity index (χ2v) is 7.26. The quantitative estimate of drug-likeness (QED) is 0.679. The zero-order valence-electron chi connectivity index (χ0n) is 14.3. The van der Waals surface area contributed by atoms with Crippen LogP contribution in [0, 0.1) is 0 Å². The highest BCUT2D eigenvalue weighted by Crippen LogP contribution is 2.22. The molecule has 2 aromatic rings. The molecule has 0 fully saturated rings. The van der Waals surface area contributed by atoms with Gasteiger partial charge in [0.15, 0.2) is 12.6 Å². The molecular formula is C18H19Cl3N3O2+. The molecule has 5 nitrogen and oxygen atoms in total. The van der Waals surface area contributed by atoms with E-state index in [-0.39, 0.29) is 18.4 Å². The zero-order chi connectivity index (χ0) is 19.3. The van der Waals surface area contributed by atoms with Crippen LogP contribution in [0.3, 0.4) is 0 Å². The predicted molar refractivity (Wildman–Crippen MR) is 106 cm³/mol. The van der Waals surface area contributed by atoms with Crippen molar-refractivity contribution in [2.24, 2.45) is 0 Å². The minimum atomic E-state index is -0.455. The van der Waals surface area contributed by atoms with Gasteiger partial charge in [-0.25, -0.2) is 0 Å². The molecule has 0 bridgehead atoms. The number of hydrogen-bond acceptors (Lipinski definition) is 2. The molecule has 3 N–H and O–H groups in total. The second-order valence-electron chi connectivity index (χ2n) is 5.95. The third-order valence-corrected chi connectivity index (χ3v) is 4.52. The first-order chi connectivity index (χ1) is 12.2. The molecule has 1 unspecified atom stereocenters. The van der Waals surface area contributed by atoms with Crippen molar-refractivity contribution >= 4 is 58.0 Å². The van der Waals surface area contributed by atoms with Gasteiger partial charge in [0.1, 0.15) is 0 Å². The van der Waals surface area contributed by atoms with Gasteiger partial charge in [0.25, 0.3) is 11.8 Å². The molecule has 2 rings (SSSR count). The molecule has 0 saturated heterocycles. The maximum atomic E-state index is 12.4. The summed E-state index contributed by atoms with van der Waals surface area (Å²) in [5, 5.41) is 6.99. The average molecular weight is 416 g/mol. The summed E-state index contributed by atoms with van der Waals surface area (Å²) in [5.41, 5.74) is 1.16. The van der Waals surface area contributed by atoms with Crippen LogP contribution in [0.15, 0.2) is 42.5 Å². The first kappa shape index (κ1) is 20.5. The molecule has 0 heterocycles. The van der Waals surface area contributed by atoms with Crippen LogP contribution in [0.1, 0.15) is 6.92 Å². The van der Waals surface area contributed by atoms with E-state index in [0.29, 0.717) is 26.4 Å². The van der Waals surface area contributed by atoms with Crippen molar-refractivity contribution in [3.05, 3.63) is 57.5 Å². The molecule has 138 valence electrons. The summed E-state index contributed by atoms with van der Waals surface area (Å²) < 4.78 is 0. The van der Waals surface area contributed by atoms with Gasteiger partial charge in [-0.05, 0) is 49.4 Å². The summed E-state index contributed by atoms with van der Waals surface area (Å²) in [4.78, 5) is 25.3. The molecule has 8 heteroatoms.